The van der Waals surface area contributed by atoms with Gasteiger partial charge in [-0.1, -0.05) is 84.9 Å². The molecule has 2 saturated heterocycles. The van der Waals surface area contributed by atoms with E-state index < -0.39 is 11.6 Å². The fraction of sp³-hybridized carbons (Fsp3) is 0.333. The maximum Gasteiger partial charge on any atom is 0.269 e. The summed E-state index contributed by atoms with van der Waals surface area (Å²) in [6.45, 7) is 14.6. The molecule has 4 aliphatic rings. The van der Waals surface area contributed by atoms with Gasteiger partial charge in [0.2, 0.25) is 17.7 Å². The highest BCUT2D eigenvalue weighted by Gasteiger charge is 2.54. The zero-order valence-electron chi connectivity index (χ0n) is 45.8. The van der Waals surface area contributed by atoms with Crippen molar-refractivity contribution < 1.29 is 33.1 Å². The van der Waals surface area contributed by atoms with E-state index in [1.165, 1.54) is 34.7 Å². The van der Waals surface area contributed by atoms with E-state index in [2.05, 4.69) is 137 Å². The fourth-order valence-corrected chi connectivity index (χ4v) is 11.7. The Morgan fingerprint density at radius 1 is 0.532 bits per heavy atom. The highest BCUT2D eigenvalue weighted by atomic mass is 32.1. The van der Waals surface area contributed by atoms with Gasteiger partial charge in [-0.15, -0.1) is 10.2 Å². The Kier molecular flexibility index (Phi) is 17.8. The summed E-state index contributed by atoms with van der Waals surface area (Å²) in [6, 6.07) is 47.5. The number of benzene rings is 6. The first-order chi connectivity index (χ1) is 37.0. The average Bonchev–Trinajstić information content (AvgIpc) is 4.28. The number of hydrogen-bond donors (Lipinski definition) is 3. The number of aromatic nitrogens is 2. The Hall–Kier alpha value is -6.92. The summed E-state index contributed by atoms with van der Waals surface area (Å²) in [5, 5.41) is 11.3. The standard InChI is InChI=1S/C32H33N3O3.C31H34N4O4.2H2S/c1-22(36)17-23-9-11-26(12-10-23)29-33-34-30(38-29)27-14-13-25-15-16-32(19-28(25)18-27)21-37-31(2,3)35(32)20-24-7-5-4-6-8-24;1-21(36)32-27-13-11-24(12-14-27)28(37)33-34-29(38)25-10-9-23-15-16-31(18-26(23)17-25)20-39-30(2,3)35(31)19-22-7-5-4-6-8-22;;/h4-14,18H,15-17,19-21H2,1-3H3;4-14,17H,15-16,18-20H2,1-3H3,(H,32,36)(H,33,37)(H,34,38);2*1H2/t32-;31-;;/m00../s1. The number of anilines is 1. The number of nitrogens with zero attached hydrogens (tertiary/aromatic N) is 4. The van der Waals surface area contributed by atoms with E-state index in [1.807, 2.05) is 42.5 Å². The largest absolute Gasteiger partial charge is 0.416 e. The van der Waals surface area contributed by atoms with Crippen LogP contribution < -0.4 is 16.2 Å². The molecular formula is C63H71N7O7S2. The molecule has 11 rings (SSSR count). The first-order valence-electron chi connectivity index (χ1n) is 26.5. The third-order valence-corrected chi connectivity index (χ3v) is 15.7. The van der Waals surface area contributed by atoms with Crippen molar-refractivity contribution in [3.63, 3.8) is 0 Å². The van der Waals surface area contributed by atoms with Crippen LogP contribution in [0.1, 0.15) is 114 Å². The second kappa shape index (κ2) is 24.2. The molecule has 2 aliphatic heterocycles. The quantitative estimate of drug-likeness (QED) is 0.105. The number of fused-ring (bicyclic) bond motifs is 2. The molecule has 412 valence electrons. The topological polar surface area (TPSA) is 168 Å². The summed E-state index contributed by atoms with van der Waals surface area (Å²) in [7, 11) is 0. The van der Waals surface area contributed by atoms with Gasteiger partial charge < -0.3 is 19.2 Å². The van der Waals surface area contributed by atoms with Crippen LogP contribution in [0.4, 0.5) is 5.69 Å². The van der Waals surface area contributed by atoms with Crippen LogP contribution in [0.2, 0.25) is 0 Å². The maximum absolute atomic E-state index is 13.0. The number of hydrazine groups is 1. The molecule has 2 aliphatic carbocycles. The van der Waals surface area contributed by atoms with E-state index >= 15 is 0 Å². The molecule has 3 N–H and O–H groups in total. The Morgan fingerprint density at radius 3 is 1.52 bits per heavy atom. The third kappa shape index (κ3) is 13.1. The Morgan fingerprint density at radius 2 is 1.00 bits per heavy atom. The summed E-state index contributed by atoms with van der Waals surface area (Å²) in [6.07, 6.45) is 6.11. The number of ketones is 1. The van der Waals surface area contributed by atoms with Gasteiger partial charge in [0.25, 0.3) is 11.8 Å². The predicted molar refractivity (Wildman–Crippen MR) is 316 cm³/mol. The van der Waals surface area contributed by atoms with Crippen LogP contribution >= 0.6 is 27.0 Å². The average molecular weight is 1100 g/mol. The molecule has 0 saturated carbocycles. The van der Waals surface area contributed by atoms with E-state index in [0.29, 0.717) is 41.6 Å². The second-order valence-electron chi connectivity index (χ2n) is 22.0. The molecule has 16 heteroatoms. The van der Waals surface area contributed by atoms with Crippen molar-refractivity contribution in [3.8, 4) is 22.9 Å². The maximum atomic E-state index is 13.0. The van der Waals surface area contributed by atoms with Gasteiger partial charge in [0.1, 0.15) is 17.2 Å². The smallest absolute Gasteiger partial charge is 0.269 e. The van der Waals surface area contributed by atoms with Crippen molar-refractivity contribution in [1.82, 2.24) is 30.8 Å². The molecule has 0 radical (unpaired) electrons. The number of Topliss-reactive ketones (excluding diaryl/α,β-unsaturated/α-hetero) is 1. The lowest BCUT2D eigenvalue weighted by Crippen LogP contribution is -2.54. The monoisotopic (exact) mass is 1100 g/mol. The lowest BCUT2D eigenvalue weighted by atomic mass is 9.76. The van der Waals surface area contributed by atoms with Gasteiger partial charge in [0, 0.05) is 54.4 Å². The highest BCUT2D eigenvalue weighted by Crippen LogP contribution is 2.46. The molecule has 2 spiro atoms. The minimum Gasteiger partial charge on any atom is -0.416 e. The molecule has 0 bridgehead atoms. The molecule has 6 aromatic carbocycles. The number of aryl methyl sites for hydroxylation is 2. The summed E-state index contributed by atoms with van der Waals surface area (Å²) in [5.74, 6) is 0.107. The van der Waals surface area contributed by atoms with Crippen molar-refractivity contribution in [2.24, 2.45) is 0 Å². The van der Waals surface area contributed by atoms with Gasteiger partial charge in [0.05, 0.1) is 24.3 Å². The van der Waals surface area contributed by atoms with Crippen molar-refractivity contribution in [2.75, 3.05) is 18.5 Å². The predicted octanol–water partition coefficient (Wildman–Crippen LogP) is 10.5. The van der Waals surface area contributed by atoms with Crippen molar-refractivity contribution in [1.29, 1.82) is 0 Å². The number of hydrogen-bond acceptors (Lipinski definition) is 11. The Balaban J connectivity index is 0.000000203. The number of carbonyl (C=O) groups excluding carboxylic acids is 4. The molecular weight excluding hydrogens is 1030 g/mol. The van der Waals surface area contributed by atoms with Gasteiger partial charge in [-0.05, 0) is 173 Å². The van der Waals surface area contributed by atoms with E-state index in [4.69, 9.17) is 13.9 Å². The van der Waals surface area contributed by atoms with Crippen LogP contribution in [0.15, 0.2) is 150 Å². The Bertz CT molecular complexity index is 3300. The molecule has 0 unspecified atom stereocenters. The van der Waals surface area contributed by atoms with Gasteiger partial charge in [0.15, 0.2) is 0 Å². The van der Waals surface area contributed by atoms with E-state index in [-0.39, 0.29) is 61.4 Å². The number of nitrogens with one attached hydrogen (secondary N) is 3. The van der Waals surface area contributed by atoms with Crippen molar-refractivity contribution in [2.45, 2.75) is 122 Å². The highest BCUT2D eigenvalue weighted by molar-refractivity contribution is 7.59. The van der Waals surface area contributed by atoms with Crippen molar-refractivity contribution >= 4 is 56.2 Å². The third-order valence-electron chi connectivity index (χ3n) is 15.7. The first-order valence-corrected chi connectivity index (χ1v) is 26.5. The summed E-state index contributed by atoms with van der Waals surface area (Å²) in [5.41, 5.74) is 15.9. The number of amides is 3. The van der Waals surface area contributed by atoms with Crippen LogP contribution in [0.3, 0.4) is 0 Å². The van der Waals surface area contributed by atoms with Crippen LogP contribution in [-0.2, 0) is 64.3 Å². The second-order valence-corrected chi connectivity index (χ2v) is 22.0. The molecule has 3 amide bonds. The summed E-state index contributed by atoms with van der Waals surface area (Å²) in [4.78, 5) is 53.1. The Labute approximate surface area is 476 Å². The number of rotatable bonds is 11. The zero-order chi connectivity index (χ0) is 54.0. The molecule has 14 nitrogen and oxygen atoms in total. The molecule has 2 fully saturated rings. The molecule has 2 atom stereocenters. The van der Waals surface area contributed by atoms with Crippen LogP contribution in [0.25, 0.3) is 22.9 Å². The van der Waals surface area contributed by atoms with Gasteiger partial charge >= 0.3 is 0 Å². The van der Waals surface area contributed by atoms with Crippen LogP contribution in [-0.4, -0.2) is 79.2 Å². The zero-order valence-corrected chi connectivity index (χ0v) is 47.8. The first kappa shape index (κ1) is 58.2. The van der Waals surface area contributed by atoms with Gasteiger partial charge in [-0.3, -0.25) is 39.8 Å². The minimum atomic E-state index is -0.448. The lowest BCUT2D eigenvalue weighted by Gasteiger charge is -2.45. The summed E-state index contributed by atoms with van der Waals surface area (Å²) >= 11 is 0. The van der Waals surface area contributed by atoms with Crippen molar-refractivity contribution in [3.05, 3.63) is 196 Å². The molecule has 7 aromatic rings. The molecule has 79 heavy (non-hydrogen) atoms. The van der Waals surface area contributed by atoms with Gasteiger partial charge in [-0.2, -0.15) is 27.0 Å². The van der Waals surface area contributed by atoms with E-state index in [9.17, 15) is 19.2 Å². The normalized spacial score (nSPS) is 19.6. The van der Waals surface area contributed by atoms with Crippen LogP contribution in [0, 0.1) is 0 Å². The van der Waals surface area contributed by atoms with E-state index in [0.717, 1.165) is 80.5 Å². The SMILES string of the molecule is CC(=O)Cc1ccc(-c2nnc(-c3ccc4c(c3)C[C@@]3(CC4)COC(C)(C)N3Cc3ccccc3)o2)cc1.CC(=O)Nc1ccc(C(=O)NNC(=O)c2ccc3c(c2)C[C@@]2(CC3)COC(C)(C)N2Cc2ccccc2)cc1.S.S. The molecule has 3 heterocycles. The van der Waals surface area contributed by atoms with Crippen LogP contribution in [0.5, 0.6) is 0 Å². The number of carbonyl (C=O) groups is 4. The fourth-order valence-electron chi connectivity index (χ4n) is 11.7. The van der Waals surface area contributed by atoms with Gasteiger partial charge in [-0.25, -0.2) is 0 Å². The number of ether oxygens (including phenoxy) is 2. The lowest BCUT2D eigenvalue weighted by molar-refractivity contribution is -0.116. The minimum absolute atomic E-state index is 0. The molecule has 1 aromatic heterocycles. The summed E-state index contributed by atoms with van der Waals surface area (Å²) < 4.78 is 18.8. The van der Waals surface area contributed by atoms with E-state index in [1.54, 1.807) is 37.3 Å².